The lowest BCUT2D eigenvalue weighted by Crippen LogP contribution is -2.30. The van der Waals surface area contributed by atoms with Crippen LogP contribution in [0.4, 0.5) is 14.5 Å². The summed E-state index contributed by atoms with van der Waals surface area (Å²) in [5, 5.41) is 2.09. The van der Waals surface area contributed by atoms with Gasteiger partial charge in [-0.2, -0.15) is 0 Å². The summed E-state index contributed by atoms with van der Waals surface area (Å²) in [7, 11) is 0. The van der Waals surface area contributed by atoms with E-state index in [0.717, 1.165) is 12.1 Å². The van der Waals surface area contributed by atoms with Gasteiger partial charge in [0.15, 0.2) is 6.10 Å². The van der Waals surface area contributed by atoms with Crippen molar-refractivity contribution in [3.05, 3.63) is 59.7 Å². The molecule has 0 unspecified atom stereocenters. The fourth-order valence-electron chi connectivity index (χ4n) is 2.10. The highest BCUT2D eigenvalue weighted by Gasteiger charge is 2.21. The van der Waals surface area contributed by atoms with Gasteiger partial charge < -0.3 is 14.8 Å². The second-order valence-corrected chi connectivity index (χ2v) is 6.37. The standard InChI is InChI=1S/C20H21F2NO4/c1-12(2)11-26-15-7-4-6-14(10-15)20(25)27-13(3)19(24)23-18-16(21)8-5-9-17(18)22/h4-10,12-13H,11H2,1-3H3,(H,23,24)/t13-/m0/s1. The summed E-state index contributed by atoms with van der Waals surface area (Å²) in [5.41, 5.74) is -0.387. The van der Waals surface area contributed by atoms with E-state index < -0.39 is 35.3 Å². The zero-order valence-corrected chi connectivity index (χ0v) is 15.3. The van der Waals surface area contributed by atoms with E-state index in [9.17, 15) is 18.4 Å². The first-order valence-corrected chi connectivity index (χ1v) is 8.46. The van der Waals surface area contributed by atoms with Crippen LogP contribution in [0.25, 0.3) is 0 Å². The summed E-state index contributed by atoms with van der Waals surface area (Å²) in [4.78, 5) is 24.3. The number of hydrogen-bond acceptors (Lipinski definition) is 4. The van der Waals surface area contributed by atoms with Crippen LogP contribution < -0.4 is 10.1 Å². The Bertz CT molecular complexity index is 803. The van der Waals surface area contributed by atoms with Gasteiger partial charge in [0, 0.05) is 0 Å². The van der Waals surface area contributed by atoms with Crippen molar-refractivity contribution in [3.8, 4) is 5.75 Å². The van der Waals surface area contributed by atoms with Crippen molar-refractivity contribution in [1.29, 1.82) is 0 Å². The van der Waals surface area contributed by atoms with E-state index in [1.807, 2.05) is 13.8 Å². The molecule has 0 saturated carbocycles. The highest BCUT2D eigenvalue weighted by molar-refractivity contribution is 5.97. The average molecular weight is 377 g/mol. The molecule has 0 saturated heterocycles. The molecule has 0 aliphatic rings. The first kappa shape index (κ1) is 20.4. The lowest BCUT2D eigenvalue weighted by Gasteiger charge is -2.15. The zero-order valence-electron chi connectivity index (χ0n) is 15.3. The monoisotopic (exact) mass is 377 g/mol. The van der Waals surface area contributed by atoms with Crippen LogP contribution in [0.3, 0.4) is 0 Å². The molecule has 0 fully saturated rings. The topological polar surface area (TPSA) is 64.6 Å². The maximum atomic E-state index is 13.6. The molecule has 0 aliphatic heterocycles. The predicted molar refractivity (Wildman–Crippen MR) is 96.6 cm³/mol. The maximum Gasteiger partial charge on any atom is 0.339 e. The minimum atomic E-state index is -1.25. The molecular formula is C20H21F2NO4. The van der Waals surface area contributed by atoms with Crippen LogP contribution in [-0.4, -0.2) is 24.6 Å². The van der Waals surface area contributed by atoms with E-state index in [2.05, 4.69) is 5.32 Å². The minimum Gasteiger partial charge on any atom is -0.493 e. The summed E-state index contributed by atoms with van der Waals surface area (Å²) in [6.45, 7) is 5.80. The van der Waals surface area contributed by atoms with E-state index >= 15 is 0 Å². The smallest absolute Gasteiger partial charge is 0.339 e. The fraction of sp³-hybridized carbons (Fsp3) is 0.300. The number of carbonyl (C=O) groups is 2. The molecule has 1 amide bonds. The average Bonchev–Trinajstić information content (AvgIpc) is 2.63. The molecule has 2 aromatic rings. The van der Waals surface area contributed by atoms with Gasteiger partial charge in [-0.25, -0.2) is 13.6 Å². The number of benzene rings is 2. The minimum absolute atomic E-state index is 0.202. The first-order chi connectivity index (χ1) is 12.8. The molecule has 0 bridgehead atoms. The van der Waals surface area contributed by atoms with Gasteiger partial charge >= 0.3 is 5.97 Å². The predicted octanol–water partition coefficient (Wildman–Crippen LogP) is 4.18. The van der Waals surface area contributed by atoms with Crippen LogP contribution in [0.5, 0.6) is 5.75 Å². The van der Waals surface area contributed by atoms with Crippen molar-refractivity contribution in [2.24, 2.45) is 5.92 Å². The Hall–Kier alpha value is -2.96. The van der Waals surface area contributed by atoms with Gasteiger partial charge in [-0.3, -0.25) is 4.79 Å². The van der Waals surface area contributed by atoms with Crippen LogP contribution in [0.1, 0.15) is 31.1 Å². The number of hydrogen-bond donors (Lipinski definition) is 1. The van der Waals surface area contributed by atoms with Crippen LogP contribution in [0, 0.1) is 17.6 Å². The molecule has 0 spiro atoms. The second kappa shape index (κ2) is 9.12. The number of anilines is 1. The van der Waals surface area contributed by atoms with Gasteiger partial charge in [0.1, 0.15) is 23.1 Å². The zero-order chi connectivity index (χ0) is 20.0. The van der Waals surface area contributed by atoms with Gasteiger partial charge in [-0.15, -0.1) is 0 Å². The van der Waals surface area contributed by atoms with Crippen LogP contribution in [0.15, 0.2) is 42.5 Å². The molecular weight excluding hydrogens is 356 g/mol. The number of para-hydroxylation sites is 1. The molecule has 0 heterocycles. The summed E-state index contributed by atoms with van der Waals surface area (Å²) in [6.07, 6.45) is -1.25. The second-order valence-electron chi connectivity index (χ2n) is 6.37. The summed E-state index contributed by atoms with van der Waals surface area (Å²) in [5.74, 6) is -2.61. The van der Waals surface area contributed by atoms with Gasteiger partial charge in [0.2, 0.25) is 0 Å². The molecule has 0 aliphatic carbocycles. The Kier molecular flexibility index (Phi) is 6.87. The molecule has 1 N–H and O–H groups in total. The Balaban J connectivity index is 2.00. The van der Waals surface area contributed by atoms with Crippen molar-refractivity contribution in [1.82, 2.24) is 0 Å². The third-order valence-electron chi connectivity index (χ3n) is 3.52. The molecule has 144 valence electrons. The van der Waals surface area contributed by atoms with Gasteiger partial charge in [0.25, 0.3) is 5.91 Å². The van der Waals surface area contributed by atoms with Crippen molar-refractivity contribution in [3.63, 3.8) is 0 Å². The quantitative estimate of drug-likeness (QED) is 0.735. The van der Waals surface area contributed by atoms with Gasteiger partial charge in [0.05, 0.1) is 12.2 Å². The summed E-state index contributed by atoms with van der Waals surface area (Å²) in [6, 6.07) is 9.56. The third-order valence-corrected chi connectivity index (χ3v) is 3.52. The SMILES string of the molecule is CC(C)COc1cccc(C(=O)O[C@@H](C)C(=O)Nc2c(F)cccc2F)c1. The lowest BCUT2D eigenvalue weighted by molar-refractivity contribution is -0.123. The molecule has 27 heavy (non-hydrogen) atoms. The number of rotatable bonds is 7. The Labute approximate surface area is 156 Å². The van der Waals surface area contributed by atoms with Crippen molar-refractivity contribution in [2.45, 2.75) is 26.9 Å². The van der Waals surface area contributed by atoms with Crippen molar-refractivity contribution < 1.29 is 27.8 Å². The van der Waals surface area contributed by atoms with E-state index in [1.165, 1.54) is 25.1 Å². The summed E-state index contributed by atoms with van der Waals surface area (Å²) >= 11 is 0. The first-order valence-electron chi connectivity index (χ1n) is 8.46. The molecule has 0 radical (unpaired) electrons. The number of nitrogens with one attached hydrogen (secondary N) is 1. The highest BCUT2D eigenvalue weighted by atomic mass is 19.1. The summed E-state index contributed by atoms with van der Waals surface area (Å²) < 4.78 is 37.8. The molecule has 7 heteroatoms. The molecule has 5 nitrogen and oxygen atoms in total. The maximum absolute atomic E-state index is 13.6. The molecule has 0 aromatic heterocycles. The molecule has 2 rings (SSSR count). The normalized spacial score (nSPS) is 11.8. The van der Waals surface area contributed by atoms with Crippen LogP contribution >= 0.6 is 0 Å². The van der Waals surface area contributed by atoms with Crippen molar-refractivity contribution >= 4 is 17.6 Å². The molecule has 2 aromatic carbocycles. The Morgan fingerprint density at radius 2 is 1.67 bits per heavy atom. The number of carbonyl (C=O) groups excluding carboxylic acids is 2. The number of amides is 1. The number of ether oxygens (including phenoxy) is 2. The van der Waals surface area contributed by atoms with Crippen LogP contribution in [-0.2, 0) is 9.53 Å². The number of esters is 1. The fourth-order valence-corrected chi connectivity index (χ4v) is 2.10. The van der Waals surface area contributed by atoms with E-state index in [1.54, 1.807) is 12.1 Å². The van der Waals surface area contributed by atoms with Crippen molar-refractivity contribution in [2.75, 3.05) is 11.9 Å². The van der Waals surface area contributed by atoms with E-state index in [-0.39, 0.29) is 5.56 Å². The highest BCUT2D eigenvalue weighted by Crippen LogP contribution is 2.19. The lowest BCUT2D eigenvalue weighted by atomic mass is 10.2. The third kappa shape index (κ3) is 5.77. The van der Waals surface area contributed by atoms with E-state index in [4.69, 9.17) is 9.47 Å². The van der Waals surface area contributed by atoms with Gasteiger partial charge in [-0.1, -0.05) is 26.0 Å². The van der Waals surface area contributed by atoms with Gasteiger partial charge in [-0.05, 0) is 43.2 Å². The molecule has 1 atom stereocenters. The van der Waals surface area contributed by atoms with Crippen LogP contribution in [0.2, 0.25) is 0 Å². The van der Waals surface area contributed by atoms with E-state index in [0.29, 0.717) is 18.3 Å². The Morgan fingerprint density at radius 1 is 1.04 bits per heavy atom. The Morgan fingerprint density at radius 3 is 2.30 bits per heavy atom. The largest absolute Gasteiger partial charge is 0.493 e. The number of halogens is 2.